The first kappa shape index (κ1) is 37.7. The lowest BCUT2D eigenvalue weighted by Crippen LogP contribution is -2.28. The summed E-state index contributed by atoms with van der Waals surface area (Å²) in [6.45, 7) is 2.43. The molecule has 0 aliphatic heterocycles. The third-order valence-corrected chi connectivity index (χ3v) is 15.6. The highest BCUT2D eigenvalue weighted by Gasteiger charge is 2.47. The first-order valence-electron chi connectivity index (χ1n) is 22.6. The molecule has 10 aromatic carbocycles. The largest absolute Gasteiger partial charge is 0.309 e. The Morgan fingerprint density at radius 1 is 0.369 bits per heavy atom. The van der Waals surface area contributed by atoms with Crippen LogP contribution in [0.4, 0.5) is 17.1 Å². The maximum Gasteiger partial charge on any atom is 0.0714 e. The van der Waals surface area contributed by atoms with Crippen LogP contribution in [-0.4, -0.2) is 0 Å². The third kappa shape index (κ3) is 5.45. The van der Waals surface area contributed by atoms with E-state index < -0.39 is 10.8 Å². The molecule has 306 valence electrons. The van der Waals surface area contributed by atoms with Crippen molar-refractivity contribution in [3.8, 4) is 33.4 Å². The topological polar surface area (TPSA) is 3.24 Å². The van der Waals surface area contributed by atoms with Crippen molar-refractivity contribution in [2.45, 2.75) is 17.8 Å². The number of hydrogen-bond donors (Lipinski definition) is 0. The molecule has 2 aliphatic carbocycles. The molecule has 2 aliphatic rings. The van der Waals surface area contributed by atoms with Gasteiger partial charge in [-0.25, -0.2) is 0 Å². The average molecular weight is 846 g/mol. The maximum atomic E-state index is 2.55. The minimum atomic E-state index is -0.529. The molecule has 0 N–H and O–H groups in total. The first-order valence-corrected chi connectivity index (χ1v) is 23.4. The van der Waals surface area contributed by atoms with Crippen LogP contribution >= 0.6 is 11.3 Å². The number of rotatable bonds is 7. The van der Waals surface area contributed by atoms with Gasteiger partial charge in [-0.3, -0.25) is 0 Å². The molecular weight excluding hydrogens is 803 g/mol. The standard InChI is InChI=1S/C63H43NS/c1-62(43-22-8-3-9-23-43)55-33-18-30-48(42-20-6-2-7-21-42)60(55)53-39-37-46(40-56(53)62)64(58-34-19-31-52-51-29-15-17-35-59(51)65-61(52)58)47-36-38-50-49-28-14-16-32-54(49)63(57(50)41-47,44-24-10-4-11-25-44)45-26-12-5-13-27-45/h2-41H,1H3. The van der Waals surface area contributed by atoms with Crippen LogP contribution < -0.4 is 4.90 Å². The Morgan fingerprint density at radius 2 is 0.892 bits per heavy atom. The smallest absolute Gasteiger partial charge is 0.0714 e. The molecular formula is C63H43NS. The van der Waals surface area contributed by atoms with Crippen molar-refractivity contribution in [2.75, 3.05) is 4.90 Å². The minimum absolute atomic E-state index is 0.405. The summed E-state index contributed by atoms with van der Waals surface area (Å²) in [5, 5.41) is 2.57. The van der Waals surface area contributed by atoms with E-state index in [1.165, 1.54) is 98.2 Å². The van der Waals surface area contributed by atoms with Gasteiger partial charge in [-0.1, -0.05) is 206 Å². The number of thiophene rings is 1. The Hall–Kier alpha value is -7.78. The van der Waals surface area contributed by atoms with Gasteiger partial charge in [0, 0.05) is 32.3 Å². The van der Waals surface area contributed by atoms with Crippen molar-refractivity contribution in [1.29, 1.82) is 0 Å². The van der Waals surface area contributed by atoms with E-state index >= 15 is 0 Å². The molecule has 0 radical (unpaired) electrons. The number of nitrogens with zero attached hydrogens (tertiary/aromatic N) is 1. The lowest BCUT2D eigenvalue weighted by atomic mass is 9.67. The van der Waals surface area contributed by atoms with Crippen molar-refractivity contribution < 1.29 is 0 Å². The highest BCUT2D eigenvalue weighted by Crippen LogP contribution is 2.59. The summed E-state index contributed by atoms with van der Waals surface area (Å²) in [6, 6.07) is 90.5. The fourth-order valence-corrected chi connectivity index (χ4v) is 12.8. The van der Waals surface area contributed by atoms with Gasteiger partial charge in [0.2, 0.25) is 0 Å². The molecule has 1 unspecified atom stereocenters. The molecule has 13 rings (SSSR count). The predicted octanol–water partition coefficient (Wildman–Crippen LogP) is 16.9. The monoisotopic (exact) mass is 845 g/mol. The second-order valence-corrected chi connectivity index (χ2v) is 18.7. The molecule has 2 heteroatoms. The van der Waals surface area contributed by atoms with E-state index in [1.54, 1.807) is 0 Å². The Balaban J connectivity index is 1.11. The van der Waals surface area contributed by atoms with E-state index in [0.29, 0.717) is 0 Å². The summed E-state index contributed by atoms with van der Waals surface area (Å²) in [5.74, 6) is 0. The van der Waals surface area contributed by atoms with Crippen LogP contribution in [0.2, 0.25) is 0 Å². The molecule has 0 amide bonds. The van der Waals surface area contributed by atoms with Gasteiger partial charge in [0.05, 0.1) is 15.8 Å². The van der Waals surface area contributed by atoms with Gasteiger partial charge < -0.3 is 4.90 Å². The van der Waals surface area contributed by atoms with Gasteiger partial charge in [-0.2, -0.15) is 0 Å². The van der Waals surface area contributed by atoms with Gasteiger partial charge in [0.15, 0.2) is 0 Å². The maximum absolute atomic E-state index is 2.55. The van der Waals surface area contributed by atoms with Crippen LogP contribution in [0.25, 0.3) is 53.6 Å². The van der Waals surface area contributed by atoms with E-state index in [2.05, 4.69) is 254 Å². The molecule has 0 fully saturated rings. The number of benzene rings is 10. The zero-order chi connectivity index (χ0) is 43.1. The molecule has 11 aromatic rings. The summed E-state index contributed by atoms with van der Waals surface area (Å²) >= 11 is 1.88. The molecule has 1 heterocycles. The highest BCUT2D eigenvalue weighted by molar-refractivity contribution is 7.26. The van der Waals surface area contributed by atoms with Gasteiger partial charge in [0.1, 0.15) is 0 Å². The van der Waals surface area contributed by atoms with E-state index in [1.807, 2.05) is 11.3 Å². The normalized spacial score (nSPS) is 15.3. The number of anilines is 3. The van der Waals surface area contributed by atoms with Gasteiger partial charge in [-0.15, -0.1) is 11.3 Å². The molecule has 1 nitrogen and oxygen atoms in total. The molecule has 1 atom stereocenters. The third-order valence-electron chi connectivity index (χ3n) is 14.4. The van der Waals surface area contributed by atoms with Crippen LogP contribution in [0.5, 0.6) is 0 Å². The fourth-order valence-electron chi connectivity index (χ4n) is 11.6. The average Bonchev–Trinajstić information content (AvgIpc) is 4.00. The van der Waals surface area contributed by atoms with Crippen LogP contribution in [0.1, 0.15) is 45.9 Å². The minimum Gasteiger partial charge on any atom is -0.309 e. The zero-order valence-corrected chi connectivity index (χ0v) is 36.8. The number of hydrogen-bond acceptors (Lipinski definition) is 2. The lowest BCUT2D eigenvalue weighted by molar-refractivity contribution is 0.714. The summed E-state index contributed by atoms with van der Waals surface area (Å²) in [4.78, 5) is 2.55. The van der Waals surface area contributed by atoms with Crippen molar-refractivity contribution in [3.63, 3.8) is 0 Å². The fraction of sp³-hybridized carbons (Fsp3) is 0.0476. The zero-order valence-electron chi connectivity index (χ0n) is 35.9. The van der Waals surface area contributed by atoms with Crippen molar-refractivity contribution in [1.82, 2.24) is 0 Å². The van der Waals surface area contributed by atoms with E-state index in [4.69, 9.17) is 0 Å². The molecule has 0 saturated carbocycles. The summed E-state index contributed by atoms with van der Waals surface area (Å²) in [5.41, 5.74) is 19.2. The van der Waals surface area contributed by atoms with Gasteiger partial charge in [-0.05, 0) is 116 Å². The van der Waals surface area contributed by atoms with Crippen LogP contribution in [0.15, 0.2) is 243 Å². The summed E-state index contributed by atoms with van der Waals surface area (Å²) in [6.07, 6.45) is 0. The van der Waals surface area contributed by atoms with E-state index in [0.717, 1.165) is 11.4 Å². The number of fused-ring (bicyclic) bond motifs is 9. The molecule has 0 bridgehead atoms. The van der Waals surface area contributed by atoms with Crippen molar-refractivity contribution in [2.24, 2.45) is 0 Å². The molecule has 0 saturated heterocycles. The summed E-state index contributed by atoms with van der Waals surface area (Å²) in [7, 11) is 0. The van der Waals surface area contributed by atoms with Crippen LogP contribution in [0.3, 0.4) is 0 Å². The van der Waals surface area contributed by atoms with Gasteiger partial charge >= 0.3 is 0 Å². The second-order valence-electron chi connectivity index (χ2n) is 17.7. The van der Waals surface area contributed by atoms with Gasteiger partial charge in [0.25, 0.3) is 0 Å². The Labute approximate surface area is 384 Å². The Morgan fingerprint density at radius 3 is 1.62 bits per heavy atom. The van der Waals surface area contributed by atoms with E-state index in [-0.39, 0.29) is 0 Å². The van der Waals surface area contributed by atoms with Crippen LogP contribution in [0, 0.1) is 0 Å². The highest BCUT2D eigenvalue weighted by atomic mass is 32.1. The lowest BCUT2D eigenvalue weighted by Gasteiger charge is -2.35. The van der Waals surface area contributed by atoms with E-state index in [9.17, 15) is 0 Å². The molecule has 0 spiro atoms. The Kier molecular flexibility index (Phi) is 8.50. The summed E-state index contributed by atoms with van der Waals surface area (Å²) < 4.78 is 2.57. The molecule has 65 heavy (non-hydrogen) atoms. The van der Waals surface area contributed by atoms with Crippen molar-refractivity contribution in [3.05, 3.63) is 282 Å². The predicted molar refractivity (Wildman–Crippen MR) is 274 cm³/mol. The quantitative estimate of drug-likeness (QED) is 0.154. The molecule has 1 aromatic heterocycles. The first-order chi connectivity index (χ1) is 32.1. The van der Waals surface area contributed by atoms with Crippen molar-refractivity contribution >= 4 is 48.6 Å². The Bertz CT molecular complexity index is 3570. The van der Waals surface area contributed by atoms with Crippen LogP contribution in [-0.2, 0) is 10.8 Å². The second kappa shape index (κ2) is 14.6. The SMILES string of the molecule is CC1(c2ccccc2)c2cc(N(c3ccc4c(c3)C(c3ccccc3)(c3ccccc3)c3ccccc3-4)c3cccc4c3sc3ccccc34)ccc2-c2c(-c3ccccc3)cccc21.